The molecule has 0 radical (unpaired) electrons. The van der Waals surface area contributed by atoms with Crippen LogP contribution in [-0.4, -0.2) is 75.0 Å². The van der Waals surface area contributed by atoms with E-state index in [1.54, 1.807) is 18.6 Å². The fraction of sp³-hybridized carbons (Fsp3) is 0.536. The van der Waals surface area contributed by atoms with Crippen LogP contribution in [0.3, 0.4) is 0 Å². The molecule has 2 aliphatic rings. The van der Waals surface area contributed by atoms with Gasteiger partial charge in [0, 0.05) is 24.2 Å². The first-order valence-electron chi connectivity index (χ1n) is 13.1. The van der Waals surface area contributed by atoms with Crippen LogP contribution in [0.1, 0.15) is 44.0 Å². The molecule has 2 aromatic rings. The minimum Gasteiger partial charge on any atom is -0.504 e. The summed E-state index contributed by atoms with van der Waals surface area (Å²) in [5, 5.41) is 3.63. The molecule has 2 aliphatic heterocycles. The molecule has 3 heterocycles. The molecular weight excluding hydrogens is 490 g/mol. The number of carbonyl (C=O) groups is 3. The summed E-state index contributed by atoms with van der Waals surface area (Å²) in [5.41, 5.74) is 3.13. The van der Waals surface area contributed by atoms with E-state index in [4.69, 9.17) is 18.9 Å². The number of nitrogens with zero attached hydrogens (tertiary/aromatic N) is 2. The first-order chi connectivity index (χ1) is 18.4. The van der Waals surface area contributed by atoms with Crippen molar-refractivity contribution in [1.29, 1.82) is 0 Å². The molecule has 38 heavy (non-hydrogen) atoms. The molecular formula is C28H37N3O7. The Hall–Kier alpha value is -3.53. The lowest BCUT2D eigenvalue weighted by Gasteiger charge is -2.46. The van der Waals surface area contributed by atoms with Crippen molar-refractivity contribution in [3.63, 3.8) is 0 Å². The Labute approximate surface area is 222 Å². The molecule has 1 fully saturated rings. The molecule has 10 heteroatoms. The van der Waals surface area contributed by atoms with E-state index in [0.717, 1.165) is 42.6 Å². The normalized spacial score (nSPS) is 21.3. The van der Waals surface area contributed by atoms with Gasteiger partial charge in [-0.25, -0.2) is 9.59 Å². The zero-order valence-corrected chi connectivity index (χ0v) is 22.7. The highest BCUT2D eigenvalue weighted by Crippen LogP contribution is 2.48. The third-order valence-corrected chi connectivity index (χ3v) is 7.72. The second-order valence-electron chi connectivity index (χ2n) is 9.59. The smallest absolute Gasteiger partial charge is 0.337 e. The summed E-state index contributed by atoms with van der Waals surface area (Å²) in [6, 6.07) is 5.09. The molecule has 1 aromatic heterocycles. The molecule has 0 saturated carbocycles. The number of benzene rings is 1. The fourth-order valence-corrected chi connectivity index (χ4v) is 6.08. The number of hydrogen-bond donors (Lipinski definition) is 1. The number of carbonyl (C=O) groups excluding carboxylic acids is 3. The monoisotopic (exact) mass is 527 g/mol. The molecule has 4 rings (SSSR count). The number of nitrogens with one attached hydrogen (secondary N) is 1. The maximum Gasteiger partial charge on any atom is 0.337 e. The highest BCUT2D eigenvalue weighted by atomic mass is 16.5. The second kappa shape index (κ2) is 11.9. The number of esters is 2. The third-order valence-electron chi connectivity index (χ3n) is 7.72. The van der Waals surface area contributed by atoms with Crippen molar-refractivity contribution in [3.05, 3.63) is 41.3 Å². The highest BCUT2D eigenvalue weighted by Gasteiger charge is 2.44. The van der Waals surface area contributed by atoms with Gasteiger partial charge in [0.15, 0.2) is 0 Å². The summed E-state index contributed by atoms with van der Waals surface area (Å²) in [6.07, 6.45) is 3.73. The summed E-state index contributed by atoms with van der Waals surface area (Å²) in [6.45, 7) is 5.45. The molecule has 1 amide bonds. The third kappa shape index (κ3) is 4.97. The number of hydrogen-bond acceptors (Lipinski definition) is 8. The van der Waals surface area contributed by atoms with Gasteiger partial charge < -0.3 is 24.3 Å². The topological polar surface area (TPSA) is 108 Å². The van der Waals surface area contributed by atoms with Gasteiger partial charge in [0.05, 0.1) is 51.3 Å². The van der Waals surface area contributed by atoms with Crippen LogP contribution in [0.25, 0.3) is 10.9 Å². The van der Waals surface area contributed by atoms with Gasteiger partial charge in [-0.1, -0.05) is 19.4 Å². The van der Waals surface area contributed by atoms with E-state index < -0.39 is 18.0 Å². The summed E-state index contributed by atoms with van der Waals surface area (Å²) in [7, 11) is 4.52. The Balaban J connectivity index is 1.83. The van der Waals surface area contributed by atoms with E-state index in [1.807, 2.05) is 18.2 Å². The molecule has 1 saturated heterocycles. The Morgan fingerprint density at radius 3 is 2.61 bits per heavy atom. The quantitative estimate of drug-likeness (QED) is 0.316. The number of rotatable bonds is 8. The van der Waals surface area contributed by atoms with Crippen molar-refractivity contribution in [3.8, 4) is 5.75 Å². The van der Waals surface area contributed by atoms with Crippen LogP contribution in [0.4, 0.5) is 4.79 Å². The summed E-state index contributed by atoms with van der Waals surface area (Å²) in [5.74, 6) is -0.109. The van der Waals surface area contributed by atoms with Gasteiger partial charge in [0.2, 0.25) is 0 Å². The molecule has 1 aromatic carbocycles. The van der Waals surface area contributed by atoms with Crippen LogP contribution in [0, 0.1) is 11.8 Å². The number of methoxy groups -OCH3 is 3. The maximum absolute atomic E-state index is 13.6. The van der Waals surface area contributed by atoms with Crippen LogP contribution in [0.5, 0.6) is 5.75 Å². The summed E-state index contributed by atoms with van der Waals surface area (Å²) in [4.78, 5) is 40.8. The highest BCUT2D eigenvalue weighted by molar-refractivity contribution is 5.99. The largest absolute Gasteiger partial charge is 0.504 e. The summed E-state index contributed by atoms with van der Waals surface area (Å²) >= 11 is 0. The van der Waals surface area contributed by atoms with Gasteiger partial charge >= 0.3 is 18.0 Å². The van der Waals surface area contributed by atoms with Crippen molar-refractivity contribution in [2.24, 2.45) is 11.8 Å². The van der Waals surface area contributed by atoms with E-state index in [-0.39, 0.29) is 31.0 Å². The van der Waals surface area contributed by atoms with Crippen LogP contribution in [0.15, 0.2) is 30.0 Å². The molecule has 0 spiro atoms. The van der Waals surface area contributed by atoms with Crippen molar-refractivity contribution >= 4 is 28.9 Å². The first-order valence-corrected chi connectivity index (χ1v) is 13.1. The minimum absolute atomic E-state index is 0.115. The van der Waals surface area contributed by atoms with Crippen LogP contribution in [-0.2, 0) is 30.2 Å². The maximum atomic E-state index is 13.6. The molecule has 0 aliphatic carbocycles. The number of aromatic nitrogens is 1. The van der Waals surface area contributed by atoms with Gasteiger partial charge in [-0.05, 0) is 49.3 Å². The van der Waals surface area contributed by atoms with Crippen molar-refractivity contribution in [2.75, 3.05) is 47.6 Å². The minimum atomic E-state index is -0.499. The number of amides is 1. The fourth-order valence-electron chi connectivity index (χ4n) is 6.08. The molecule has 3 unspecified atom stereocenters. The number of fused-ring (bicyclic) bond motifs is 5. The lowest BCUT2D eigenvalue weighted by molar-refractivity contribution is -0.141. The van der Waals surface area contributed by atoms with Gasteiger partial charge in [-0.2, -0.15) is 0 Å². The molecule has 0 bridgehead atoms. The average molecular weight is 528 g/mol. The van der Waals surface area contributed by atoms with Crippen molar-refractivity contribution in [2.45, 2.75) is 39.2 Å². The SMILES string of the molecule is CCOC(=O)CNC(=O)n1c2c(c3c(OC)cccc31)CCN1CC(CC)C(/C(=C\OC)C(=O)OC)CC21. The Bertz CT molecular complexity index is 1230. The van der Waals surface area contributed by atoms with Gasteiger partial charge in [-0.15, -0.1) is 0 Å². The van der Waals surface area contributed by atoms with E-state index in [0.29, 0.717) is 23.3 Å². The zero-order chi connectivity index (χ0) is 27.4. The lowest BCUT2D eigenvalue weighted by atomic mass is 9.74. The van der Waals surface area contributed by atoms with Gasteiger partial charge in [0.25, 0.3) is 0 Å². The van der Waals surface area contributed by atoms with E-state index in [9.17, 15) is 14.4 Å². The first kappa shape index (κ1) is 27.5. The number of piperidine rings is 1. The van der Waals surface area contributed by atoms with E-state index >= 15 is 0 Å². The van der Waals surface area contributed by atoms with Crippen molar-refractivity contribution < 1.29 is 33.3 Å². The van der Waals surface area contributed by atoms with Crippen LogP contribution in [0.2, 0.25) is 0 Å². The predicted octanol–water partition coefficient (Wildman–Crippen LogP) is 3.42. The van der Waals surface area contributed by atoms with Crippen molar-refractivity contribution in [1.82, 2.24) is 14.8 Å². The number of ether oxygens (including phenoxy) is 4. The summed E-state index contributed by atoms with van der Waals surface area (Å²) < 4.78 is 22.8. The zero-order valence-electron chi connectivity index (χ0n) is 22.7. The molecule has 3 atom stereocenters. The van der Waals surface area contributed by atoms with E-state index in [2.05, 4.69) is 17.1 Å². The average Bonchev–Trinajstić information content (AvgIpc) is 3.28. The Morgan fingerprint density at radius 2 is 1.95 bits per heavy atom. The Morgan fingerprint density at radius 1 is 1.16 bits per heavy atom. The standard InChI is InChI=1S/C28H37N3O7/c1-6-17-15-30-12-11-18-25-21(9-8-10-23(25)36-4)31(28(34)29-14-24(32)38-7-2)26(18)22(30)13-19(17)20(16-35-3)27(33)37-5/h8-10,16-17,19,22H,6-7,11-15H2,1-5H3,(H,29,34)/b20-16+. The lowest BCUT2D eigenvalue weighted by Crippen LogP contribution is -2.48. The Kier molecular flexibility index (Phi) is 8.61. The van der Waals surface area contributed by atoms with Gasteiger partial charge in [-0.3, -0.25) is 14.3 Å². The molecule has 206 valence electrons. The van der Waals surface area contributed by atoms with E-state index in [1.165, 1.54) is 20.5 Å². The van der Waals surface area contributed by atoms with Crippen LogP contribution < -0.4 is 10.1 Å². The molecule has 10 nitrogen and oxygen atoms in total. The second-order valence-corrected chi connectivity index (χ2v) is 9.59. The predicted molar refractivity (Wildman–Crippen MR) is 141 cm³/mol. The van der Waals surface area contributed by atoms with Crippen LogP contribution >= 0.6 is 0 Å². The van der Waals surface area contributed by atoms with Gasteiger partial charge in [0.1, 0.15) is 12.3 Å². The molecule has 1 N–H and O–H groups in total.